The van der Waals surface area contributed by atoms with E-state index in [0.29, 0.717) is 13.0 Å². The zero-order valence-electron chi connectivity index (χ0n) is 11.5. The Bertz CT molecular complexity index is 440. The van der Waals surface area contributed by atoms with Crippen molar-refractivity contribution in [3.63, 3.8) is 0 Å². The third-order valence-electron chi connectivity index (χ3n) is 2.98. The van der Waals surface area contributed by atoms with Crippen LogP contribution in [0.1, 0.15) is 52.7 Å². The van der Waals surface area contributed by atoms with Gasteiger partial charge in [0.05, 0.1) is 4.88 Å². The van der Waals surface area contributed by atoms with Gasteiger partial charge in [0.2, 0.25) is 0 Å². The van der Waals surface area contributed by atoms with E-state index in [9.17, 15) is 9.59 Å². The molecule has 0 spiro atoms. The van der Waals surface area contributed by atoms with Gasteiger partial charge in [-0.15, -0.1) is 11.3 Å². The molecule has 0 atom stereocenters. The first-order valence-electron chi connectivity index (χ1n) is 6.64. The van der Waals surface area contributed by atoms with Gasteiger partial charge in [-0.25, -0.2) is 0 Å². The Morgan fingerprint density at radius 1 is 1.32 bits per heavy atom. The molecule has 1 rings (SSSR count). The Balaban J connectivity index is 2.25. The van der Waals surface area contributed by atoms with Crippen LogP contribution in [0.25, 0.3) is 0 Å². The summed E-state index contributed by atoms with van der Waals surface area (Å²) in [6.45, 7) is 4.72. The molecule has 0 fully saturated rings. The molecule has 19 heavy (non-hydrogen) atoms. The van der Waals surface area contributed by atoms with E-state index in [2.05, 4.69) is 12.2 Å². The first-order valence-corrected chi connectivity index (χ1v) is 7.45. The van der Waals surface area contributed by atoms with Gasteiger partial charge in [-0.05, 0) is 37.8 Å². The number of carboxylic acid groups (broad SMARTS) is 1. The summed E-state index contributed by atoms with van der Waals surface area (Å²) in [5.74, 6) is -0.781. The molecule has 0 aliphatic rings. The molecule has 0 saturated carbocycles. The van der Waals surface area contributed by atoms with Crippen molar-refractivity contribution in [2.24, 2.45) is 0 Å². The maximum atomic E-state index is 11.9. The summed E-state index contributed by atoms with van der Waals surface area (Å²) in [5, 5.41) is 11.4. The quantitative estimate of drug-likeness (QED) is 0.721. The number of carbonyl (C=O) groups is 2. The molecule has 0 aliphatic heterocycles. The van der Waals surface area contributed by atoms with Crippen LogP contribution in [0.4, 0.5) is 0 Å². The van der Waals surface area contributed by atoms with E-state index in [1.54, 1.807) is 0 Å². The highest BCUT2D eigenvalue weighted by atomic mass is 32.1. The zero-order chi connectivity index (χ0) is 14.3. The predicted molar refractivity (Wildman–Crippen MR) is 76.9 cm³/mol. The molecule has 0 unspecified atom stereocenters. The van der Waals surface area contributed by atoms with Crippen molar-refractivity contribution in [1.82, 2.24) is 5.32 Å². The maximum absolute atomic E-state index is 11.9. The summed E-state index contributed by atoms with van der Waals surface area (Å²) >= 11 is 1.53. The minimum atomic E-state index is -0.759. The number of nitrogens with one attached hydrogen (secondary N) is 1. The lowest BCUT2D eigenvalue weighted by molar-refractivity contribution is -0.137. The molecule has 1 heterocycles. The summed E-state index contributed by atoms with van der Waals surface area (Å²) in [6.07, 6.45) is 3.48. The number of carboxylic acids is 1. The third kappa shape index (κ3) is 5.42. The summed E-state index contributed by atoms with van der Waals surface area (Å²) in [5.41, 5.74) is 1.23. The van der Waals surface area contributed by atoms with Crippen LogP contribution < -0.4 is 5.32 Å². The molecular weight excluding hydrogens is 262 g/mol. The monoisotopic (exact) mass is 283 g/mol. The second-order valence-corrected chi connectivity index (χ2v) is 5.76. The molecule has 106 valence electrons. The van der Waals surface area contributed by atoms with Crippen LogP contribution in [0.15, 0.2) is 6.07 Å². The highest BCUT2D eigenvalue weighted by molar-refractivity contribution is 7.14. The fraction of sp³-hybridized carbons (Fsp3) is 0.571. The lowest BCUT2D eigenvalue weighted by Gasteiger charge is -2.02. The lowest BCUT2D eigenvalue weighted by Crippen LogP contribution is -2.23. The molecule has 0 saturated heterocycles. The second kappa shape index (κ2) is 7.94. The number of rotatable bonds is 8. The van der Waals surface area contributed by atoms with E-state index in [0.717, 1.165) is 24.1 Å². The smallest absolute Gasteiger partial charge is 0.303 e. The van der Waals surface area contributed by atoms with E-state index in [4.69, 9.17) is 5.11 Å². The molecule has 0 aliphatic carbocycles. The molecule has 2 N–H and O–H groups in total. The van der Waals surface area contributed by atoms with Crippen molar-refractivity contribution < 1.29 is 14.7 Å². The average molecular weight is 283 g/mol. The van der Waals surface area contributed by atoms with Gasteiger partial charge in [-0.1, -0.05) is 13.3 Å². The Morgan fingerprint density at radius 3 is 2.63 bits per heavy atom. The number of unbranched alkanes of at least 4 members (excludes halogenated alkanes) is 2. The van der Waals surface area contributed by atoms with Gasteiger partial charge in [0.15, 0.2) is 0 Å². The van der Waals surface area contributed by atoms with Crippen LogP contribution in [0, 0.1) is 6.92 Å². The van der Waals surface area contributed by atoms with Crippen LogP contribution in [0.2, 0.25) is 0 Å². The molecule has 0 bridgehead atoms. The Kier molecular flexibility index (Phi) is 6.56. The topological polar surface area (TPSA) is 66.4 Å². The molecule has 1 amide bonds. The van der Waals surface area contributed by atoms with Crippen LogP contribution in [-0.4, -0.2) is 23.5 Å². The van der Waals surface area contributed by atoms with Crippen molar-refractivity contribution in [2.75, 3.05) is 6.54 Å². The van der Waals surface area contributed by atoms with Gasteiger partial charge in [-0.3, -0.25) is 9.59 Å². The molecule has 0 radical (unpaired) electrons. The Morgan fingerprint density at radius 2 is 2.05 bits per heavy atom. The first kappa shape index (κ1) is 15.7. The van der Waals surface area contributed by atoms with E-state index < -0.39 is 5.97 Å². The van der Waals surface area contributed by atoms with Gasteiger partial charge in [-0.2, -0.15) is 0 Å². The summed E-state index contributed by atoms with van der Waals surface area (Å²) < 4.78 is 0. The number of aryl methyl sites for hydroxylation is 2. The number of thiophene rings is 1. The van der Waals surface area contributed by atoms with Crippen molar-refractivity contribution in [3.05, 3.63) is 21.4 Å². The fourth-order valence-electron chi connectivity index (χ4n) is 1.85. The van der Waals surface area contributed by atoms with Gasteiger partial charge < -0.3 is 10.4 Å². The Hall–Kier alpha value is -1.36. The molecule has 1 aromatic rings. The maximum Gasteiger partial charge on any atom is 0.303 e. The van der Waals surface area contributed by atoms with Crippen molar-refractivity contribution >= 4 is 23.2 Å². The zero-order valence-corrected chi connectivity index (χ0v) is 12.3. The van der Waals surface area contributed by atoms with Crippen LogP contribution in [0.5, 0.6) is 0 Å². The summed E-state index contributed by atoms with van der Waals surface area (Å²) in [6, 6.07) is 1.96. The number of hydrogen-bond acceptors (Lipinski definition) is 3. The normalized spacial score (nSPS) is 10.4. The van der Waals surface area contributed by atoms with Crippen molar-refractivity contribution in [3.8, 4) is 0 Å². The van der Waals surface area contributed by atoms with Gasteiger partial charge >= 0.3 is 5.97 Å². The molecule has 4 nitrogen and oxygen atoms in total. The number of amides is 1. The minimum Gasteiger partial charge on any atom is -0.481 e. The SMILES string of the molecule is CCc1cc(C(=O)NCCCCCC(=O)O)sc1C. The number of carbonyl (C=O) groups excluding carboxylic acids is 1. The second-order valence-electron chi connectivity index (χ2n) is 4.51. The van der Waals surface area contributed by atoms with E-state index in [1.807, 2.05) is 13.0 Å². The fourth-order valence-corrected chi connectivity index (χ4v) is 2.88. The van der Waals surface area contributed by atoms with E-state index in [-0.39, 0.29) is 12.3 Å². The highest BCUT2D eigenvalue weighted by Gasteiger charge is 2.10. The van der Waals surface area contributed by atoms with Crippen molar-refractivity contribution in [1.29, 1.82) is 0 Å². The van der Waals surface area contributed by atoms with Gasteiger partial charge in [0.1, 0.15) is 0 Å². The van der Waals surface area contributed by atoms with Crippen LogP contribution >= 0.6 is 11.3 Å². The molecular formula is C14H21NO3S. The van der Waals surface area contributed by atoms with Crippen LogP contribution in [0.3, 0.4) is 0 Å². The third-order valence-corrected chi connectivity index (χ3v) is 4.07. The van der Waals surface area contributed by atoms with E-state index >= 15 is 0 Å². The summed E-state index contributed by atoms with van der Waals surface area (Å²) in [7, 11) is 0. The average Bonchev–Trinajstić information content (AvgIpc) is 2.74. The van der Waals surface area contributed by atoms with Crippen molar-refractivity contribution in [2.45, 2.75) is 46.0 Å². The van der Waals surface area contributed by atoms with Gasteiger partial charge in [0.25, 0.3) is 5.91 Å². The molecule has 1 aromatic heterocycles. The Labute approximate surface area is 117 Å². The molecule has 5 heteroatoms. The van der Waals surface area contributed by atoms with Gasteiger partial charge in [0, 0.05) is 17.8 Å². The van der Waals surface area contributed by atoms with E-state index in [1.165, 1.54) is 21.8 Å². The standard InChI is InChI=1S/C14H21NO3S/c1-3-11-9-12(19-10(11)2)14(18)15-8-6-4-5-7-13(16)17/h9H,3-8H2,1-2H3,(H,15,18)(H,16,17). The number of hydrogen-bond donors (Lipinski definition) is 2. The van der Waals surface area contributed by atoms with Crippen LogP contribution in [-0.2, 0) is 11.2 Å². The largest absolute Gasteiger partial charge is 0.481 e. The summed E-state index contributed by atoms with van der Waals surface area (Å²) in [4.78, 5) is 24.2. The molecule has 0 aromatic carbocycles. The predicted octanol–water partition coefficient (Wildman–Crippen LogP) is 2.99. The lowest BCUT2D eigenvalue weighted by atomic mass is 10.2. The highest BCUT2D eigenvalue weighted by Crippen LogP contribution is 2.21. The minimum absolute atomic E-state index is 0.0222. The number of aliphatic carboxylic acids is 1. The first-order chi connectivity index (χ1) is 9.04.